The number of fused-ring (bicyclic) bond motifs is 2. The summed E-state index contributed by atoms with van der Waals surface area (Å²) in [4.78, 5) is 25.4. The van der Waals surface area contributed by atoms with E-state index in [4.69, 9.17) is 4.42 Å². The fourth-order valence-electron chi connectivity index (χ4n) is 4.71. The van der Waals surface area contributed by atoms with E-state index in [1.165, 1.54) is 35.5 Å². The van der Waals surface area contributed by atoms with Crippen molar-refractivity contribution in [1.82, 2.24) is 5.43 Å². The van der Waals surface area contributed by atoms with Gasteiger partial charge in [0.1, 0.15) is 5.58 Å². The average Bonchev–Trinajstić information content (AvgIpc) is 3.20. The maximum Gasteiger partial charge on any atom is 0.307 e. The summed E-state index contributed by atoms with van der Waals surface area (Å²) in [5.74, 6) is -0.0582. The first-order valence-electron chi connectivity index (χ1n) is 11.1. The Labute approximate surface area is 192 Å². The van der Waals surface area contributed by atoms with Gasteiger partial charge in [0.2, 0.25) is 0 Å². The van der Waals surface area contributed by atoms with Crippen LogP contribution in [0.4, 0.5) is 11.4 Å². The first-order valence-corrected chi connectivity index (χ1v) is 11.1. The van der Waals surface area contributed by atoms with Crippen molar-refractivity contribution in [3.05, 3.63) is 69.5 Å². The van der Waals surface area contributed by atoms with Gasteiger partial charge in [0, 0.05) is 35.3 Å². The average molecular weight is 449 g/mol. The Morgan fingerprint density at radius 3 is 2.82 bits per heavy atom. The van der Waals surface area contributed by atoms with Gasteiger partial charge in [-0.2, -0.15) is 5.10 Å². The zero-order valence-electron chi connectivity index (χ0n) is 19.3. The lowest BCUT2D eigenvalue weighted by Gasteiger charge is -2.47. The molecule has 1 N–H and O–H groups in total. The van der Waals surface area contributed by atoms with E-state index in [2.05, 4.69) is 55.3 Å². The van der Waals surface area contributed by atoms with Gasteiger partial charge in [-0.25, -0.2) is 5.43 Å². The fourth-order valence-corrected chi connectivity index (χ4v) is 4.71. The molecule has 4 rings (SSSR count). The molecule has 3 aromatic rings. The van der Waals surface area contributed by atoms with E-state index in [0.717, 1.165) is 24.9 Å². The van der Waals surface area contributed by atoms with Crippen molar-refractivity contribution >= 4 is 34.5 Å². The van der Waals surface area contributed by atoms with Crippen LogP contribution in [0.5, 0.6) is 0 Å². The van der Waals surface area contributed by atoms with Crippen LogP contribution in [0.3, 0.4) is 0 Å². The highest BCUT2D eigenvalue weighted by molar-refractivity contribution is 5.97. The molecule has 1 aliphatic heterocycles. The van der Waals surface area contributed by atoms with Crippen LogP contribution in [0, 0.1) is 10.1 Å². The Morgan fingerprint density at radius 2 is 2.09 bits per heavy atom. The number of carbonyl (C=O) groups is 1. The number of nitro benzene ring substituents is 1. The van der Waals surface area contributed by atoms with E-state index in [1.807, 2.05) is 6.07 Å². The Hall–Kier alpha value is -3.68. The molecule has 2 heterocycles. The predicted molar refractivity (Wildman–Crippen MR) is 129 cm³/mol. The number of nitrogens with one attached hydrogen (secondary N) is 1. The number of hydrogen-bond acceptors (Lipinski definition) is 6. The lowest BCUT2D eigenvalue weighted by Crippen LogP contribution is -2.48. The molecule has 1 amide bonds. The number of amides is 1. The van der Waals surface area contributed by atoms with Gasteiger partial charge >= 0.3 is 5.91 Å². The van der Waals surface area contributed by atoms with Crippen molar-refractivity contribution in [1.29, 1.82) is 0 Å². The number of benzene rings is 2. The summed E-state index contributed by atoms with van der Waals surface area (Å²) in [6.45, 7) is 10.0. The van der Waals surface area contributed by atoms with Crippen LogP contribution in [0.25, 0.3) is 11.0 Å². The van der Waals surface area contributed by atoms with E-state index in [0.29, 0.717) is 16.9 Å². The minimum Gasteiger partial charge on any atom is -0.451 e. The molecule has 0 bridgehead atoms. The Kier molecular flexibility index (Phi) is 5.93. The number of nitrogens with zero attached hydrogens (tertiary/aromatic N) is 3. The molecular formula is C25H28N4O4. The fraction of sp³-hybridized carbons (Fsp3) is 0.360. The van der Waals surface area contributed by atoms with Crippen LogP contribution in [-0.4, -0.2) is 29.1 Å². The summed E-state index contributed by atoms with van der Waals surface area (Å²) in [5, 5.41) is 15.5. The third-order valence-electron chi connectivity index (χ3n) is 6.17. The first-order chi connectivity index (χ1) is 15.7. The van der Waals surface area contributed by atoms with E-state index < -0.39 is 10.8 Å². The van der Waals surface area contributed by atoms with Gasteiger partial charge < -0.3 is 9.32 Å². The highest BCUT2D eigenvalue weighted by atomic mass is 16.6. The van der Waals surface area contributed by atoms with Gasteiger partial charge in [-0.05, 0) is 68.0 Å². The van der Waals surface area contributed by atoms with Crippen LogP contribution in [-0.2, 0) is 0 Å². The van der Waals surface area contributed by atoms with Crippen molar-refractivity contribution in [3.63, 3.8) is 0 Å². The second-order valence-electron chi connectivity index (χ2n) is 9.18. The maximum absolute atomic E-state index is 12.4. The smallest absolute Gasteiger partial charge is 0.307 e. The lowest BCUT2D eigenvalue weighted by atomic mass is 9.79. The quantitative estimate of drug-likeness (QED) is 0.300. The molecule has 8 heteroatoms. The van der Waals surface area contributed by atoms with Gasteiger partial charge in [-0.1, -0.05) is 19.9 Å². The number of non-ortho nitro benzene ring substituents is 1. The minimum atomic E-state index is -0.521. The maximum atomic E-state index is 12.4. The molecule has 0 saturated heterocycles. The third-order valence-corrected chi connectivity index (χ3v) is 6.17. The van der Waals surface area contributed by atoms with Gasteiger partial charge in [0.15, 0.2) is 5.76 Å². The molecule has 0 radical (unpaired) electrons. The second kappa shape index (κ2) is 8.69. The highest BCUT2D eigenvalue weighted by Crippen LogP contribution is 2.43. The van der Waals surface area contributed by atoms with Gasteiger partial charge in [-0.15, -0.1) is 0 Å². The molecule has 1 unspecified atom stereocenters. The van der Waals surface area contributed by atoms with E-state index in [9.17, 15) is 14.9 Å². The highest BCUT2D eigenvalue weighted by Gasteiger charge is 2.35. The molecule has 0 saturated carbocycles. The zero-order chi connectivity index (χ0) is 23.8. The van der Waals surface area contributed by atoms with Crippen molar-refractivity contribution in [2.45, 2.75) is 52.0 Å². The van der Waals surface area contributed by atoms with Crippen LogP contribution >= 0.6 is 0 Å². The normalized spacial score (nSPS) is 17.3. The SMILES string of the molecule is CCCN1c2ccc(/C=N\NC(=O)c3cc4cc([N+](=O)[O-])ccc4o3)cc2C(C)CC1(C)C. The predicted octanol–water partition coefficient (Wildman–Crippen LogP) is 5.61. The van der Waals surface area contributed by atoms with Gasteiger partial charge in [0.25, 0.3) is 5.69 Å². The summed E-state index contributed by atoms with van der Waals surface area (Å²) in [7, 11) is 0. The summed E-state index contributed by atoms with van der Waals surface area (Å²) >= 11 is 0. The molecule has 0 spiro atoms. The number of hydrazone groups is 1. The number of nitro groups is 1. The van der Waals surface area contributed by atoms with Crippen molar-refractivity contribution < 1.29 is 14.1 Å². The van der Waals surface area contributed by atoms with E-state index in [1.54, 1.807) is 6.21 Å². The van der Waals surface area contributed by atoms with Gasteiger partial charge in [-0.3, -0.25) is 14.9 Å². The van der Waals surface area contributed by atoms with Crippen molar-refractivity contribution in [2.75, 3.05) is 11.4 Å². The molecule has 8 nitrogen and oxygen atoms in total. The summed E-state index contributed by atoms with van der Waals surface area (Å²) in [6, 6.07) is 11.9. The number of furan rings is 1. The Morgan fingerprint density at radius 1 is 1.30 bits per heavy atom. The molecule has 2 aromatic carbocycles. The largest absolute Gasteiger partial charge is 0.451 e. The number of anilines is 1. The van der Waals surface area contributed by atoms with Crippen LogP contribution < -0.4 is 10.3 Å². The van der Waals surface area contributed by atoms with Crippen LogP contribution in [0.2, 0.25) is 0 Å². The second-order valence-corrected chi connectivity index (χ2v) is 9.18. The lowest BCUT2D eigenvalue weighted by molar-refractivity contribution is -0.384. The molecule has 1 aliphatic rings. The molecule has 1 aromatic heterocycles. The van der Waals surface area contributed by atoms with Crippen LogP contribution in [0.15, 0.2) is 52.0 Å². The molecule has 0 fully saturated rings. The minimum absolute atomic E-state index is 0.0409. The third kappa shape index (κ3) is 4.46. The first kappa shape index (κ1) is 22.5. The Bertz CT molecular complexity index is 1240. The van der Waals surface area contributed by atoms with Crippen LogP contribution in [0.1, 0.15) is 68.1 Å². The summed E-state index contributed by atoms with van der Waals surface area (Å²) < 4.78 is 5.50. The van der Waals surface area contributed by atoms with Gasteiger partial charge in [0.05, 0.1) is 11.1 Å². The molecule has 1 atom stereocenters. The Balaban J connectivity index is 1.50. The number of hydrogen-bond donors (Lipinski definition) is 1. The van der Waals surface area contributed by atoms with Crippen molar-refractivity contribution in [2.24, 2.45) is 5.10 Å². The topological polar surface area (TPSA) is 101 Å². The van der Waals surface area contributed by atoms with Crippen molar-refractivity contribution in [3.8, 4) is 0 Å². The molecular weight excluding hydrogens is 420 g/mol. The number of carbonyl (C=O) groups excluding carboxylic acids is 1. The zero-order valence-corrected chi connectivity index (χ0v) is 19.3. The standard InChI is InChI=1S/C25H28N4O4/c1-5-10-28-21-8-6-17(11-20(21)16(2)14-25(28,3)4)15-26-27-24(30)23-13-18-12-19(29(31)32)7-9-22(18)33-23/h6-9,11-13,15-16H,5,10,14H2,1-4H3,(H,27,30)/b26-15-. The van der Waals surface area contributed by atoms with E-state index >= 15 is 0 Å². The molecule has 33 heavy (non-hydrogen) atoms. The molecule has 172 valence electrons. The monoisotopic (exact) mass is 448 g/mol. The summed E-state index contributed by atoms with van der Waals surface area (Å²) in [6.07, 6.45) is 3.77. The number of rotatable bonds is 6. The van der Waals surface area contributed by atoms with E-state index in [-0.39, 0.29) is 17.0 Å². The summed E-state index contributed by atoms with van der Waals surface area (Å²) in [5.41, 5.74) is 6.37. The molecule has 0 aliphatic carbocycles.